The van der Waals surface area contributed by atoms with Crippen LogP contribution in [0.3, 0.4) is 0 Å². The quantitative estimate of drug-likeness (QED) is 0.617. The Balaban J connectivity index is 2.17. The van der Waals surface area contributed by atoms with Crippen LogP contribution in [0, 0.1) is 13.8 Å². The molecule has 0 amide bonds. The van der Waals surface area contributed by atoms with Crippen molar-refractivity contribution in [1.29, 1.82) is 0 Å². The molecule has 26 heavy (non-hydrogen) atoms. The maximum absolute atomic E-state index is 13.3. The maximum atomic E-state index is 13.3. The lowest BCUT2D eigenvalue weighted by Gasteiger charge is -2.20. The van der Waals surface area contributed by atoms with Crippen LogP contribution in [-0.4, -0.2) is 27.5 Å². The second kappa shape index (κ2) is 7.91. The van der Waals surface area contributed by atoms with Crippen molar-refractivity contribution in [1.82, 2.24) is 14.5 Å². The summed E-state index contributed by atoms with van der Waals surface area (Å²) >= 11 is 7.74. The van der Waals surface area contributed by atoms with Crippen molar-refractivity contribution in [3.8, 4) is 0 Å². The third-order valence-corrected chi connectivity index (χ3v) is 6.19. The molecular weight excluding hydrogens is 366 g/mol. The summed E-state index contributed by atoms with van der Waals surface area (Å²) in [5, 5.41) is 1.43. The summed E-state index contributed by atoms with van der Waals surface area (Å²) in [6, 6.07) is 7.66. The molecule has 0 saturated carbocycles. The zero-order valence-corrected chi connectivity index (χ0v) is 17.2. The smallest absolute Gasteiger partial charge is 0.262 e. The van der Waals surface area contributed by atoms with Gasteiger partial charge in [0.1, 0.15) is 10.7 Å². The van der Waals surface area contributed by atoms with E-state index >= 15 is 0 Å². The van der Waals surface area contributed by atoms with Crippen molar-refractivity contribution in [2.75, 3.05) is 13.1 Å². The monoisotopic (exact) mass is 389 g/mol. The van der Waals surface area contributed by atoms with Crippen LogP contribution < -0.4 is 5.56 Å². The van der Waals surface area contributed by atoms with E-state index in [0.717, 1.165) is 45.1 Å². The Morgan fingerprint density at radius 1 is 1.23 bits per heavy atom. The summed E-state index contributed by atoms with van der Waals surface area (Å²) < 4.78 is 1.81. The zero-order chi connectivity index (χ0) is 18.8. The molecule has 3 aromatic rings. The summed E-state index contributed by atoms with van der Waals surface area (Å²) in [6.45, 7) is 11.3. The van der Waals surface area contributed by atoms with Crippen molar-refractivity contribution in [3.05, 3.63) is 61.5 Å². The number of halogens is 1. The molecule has 0 unspecified atom stereocenters. The molecule has 0 aliphatic heterocycles. The second-order valence-electron chi connectivity index (χ2n) is 6.47. The van der Waals surface area contributed by atoms with Gasteiger partial charge in [0.2, 0.25) is 0 Å². The lowest BCUT2D eigenvalue weighted by Crippen LogP contribution is -2.31. The van der Waals surface area contributed by atoms with E-state index in [1.807, 2.05) is 42.7 Å². The normalized spacial score (nSPS) is 11.6. The number of benzene rings is 1. The number of aromatic nitrogens is 2. The van der Waals surface area contributed by atoms with E-state index in [9.17, 15) is 4.79 Å². The topological polar surface area (TPSA) is 38.1 Å². The fourth-order valence-electron chi connectivity index (χ4n) is 3.12. The highest BCUT2D eigenvalue weighted by Gasteiger charge is 2.18. The predicted molar refractivity (Wildman–Crippen MR) is 111 cm³/mol. The third-order valence-electron chi connectivity index (χ3n) is 4.86. The van der Waals surface area contributed by atoms with Gasteiger partial charge < -0.3 is 0 Å². The number of hydrogen-bond acceptors (Lipinski definition) is 4. The number of fused-ring (bicyclic) bond motifs is 1. The molecule has 0 aliphatic rings. The molecular formula is C20H24ClN3OS. The first-order chi connectivity index (χ1) is 12.4. The Kier molecular flexibility index (Phi) is 5.80. The van der Waals surface area contributed by atoms with Crippen molar-refractivity contribution in [2.24, 2.45) is 0 Å². The number of hydrogen-bond donors (Lipinski definition) is 0. The van der Waals surface area contributed by atoms with Gasteiger partial charge in [0.05, 0.1) is 18.5 Å². The lowest BCUT2D eigenvalue weighted by molar-refractivity contribution is 0.282. The van der Waals surface area contributed by atoms with Crippen LogP contribution in [0.5, 0.6) is 0 Å². The van der Waals surface area contributed by atoms with Gasteiger partial charge in [0, 0.05) is 9.90 Å². The van der Waals surface area contributed by atoms with Crippen LogP contribution in [0.2, 0.25) is 5.02 Å². The minimum atomic E-state index is 0.0407. The molecule has 3 rings (SSSR count). The molecule has 0 fully saturated rings. The highest BCUT2D eigenvalue weighted by atomic mass is 35.5. The molecule has 0 aliphatic carbocycles. The summed E-state index contributed by atoms with van der Waals surface area (Å²) in [5.41, 5.74) is 2.09. The fourth-order valence-corrected chi connectivity index (χ4v) is 4.37. The molecule has 0 atom stereocenters. The molecule has 0 N–H and O–H groups in total. The molecule has 2 aromatic heterocycles. The Morgan fingerprint density at radius 3 is 2.62 bits per heavy atom. The highest BCUT2D eigenvalue weighted by molar-refractivity contribution is 7.18. The number of aryl methyl sites for hydroxylation is 2. The summed E-state index contributed by atoms with van der Waals surface area (Å²) in [4.78, 5) is 22.5. The van der Waals surface area contributed by atoms with E-state index in [0.29, 0.717) is 18.1 Å². The Bertz CT molecular complexity index is 989. The van der Waals surface area contributed by atoms with Gasteiger partial charge in [0.15, 0.2) is 0 Å². The molecule has 138 valence electrons. The summed E-state index contributed by atoms with van der Waals surface area (Å²) in [6.07, 6.45) is 0. The standard InChI is InChI=1S/C20H24ClN3OS/c1-5-23(6-2)12-17-22-19-18(13(3)14(4)26-19)20(25)24(17)11-15-8-7-9-16(21)10-15/h7-10H,5-6,11-12H2,1-4H3. The Labute approximate surface area is 163 Å². The first-order valence-corrected chi connectivity index (χ1v) is 10.1. The average Bonchev–Trinajstić information content (AvgIpc) is 2.90. The van der Waals surface area contributed by atoms with Crippen LogP contribution in [-0.2, 0) is 13.1 Å². The van der Waals surface area contributed by atoms with Crippen molar-refractivity contribution in [3.63, 3.8) is 0 Å². The predicted octanol–water partition coefficient (Wildman–Crippen LogP) is 4.62. The van der Waals surface area contributed by atoms with E-state index in [4.69, 9.17) is 16.6 Å². The zero-order valence-electron chi connectivity index (χ0n) is 15.7. The van der Waals surface area contributed by atoms with E-state index < -0.39 is 0 Å². The maximum Gasteiger partial charge on any atom is 0.262 e. The molecule has 0 saturated heterocycles. The summed E-state index contributed by atoms with van der Waals surface area (Å²) in [5.74, 6) is 0.812. The molecule has 4 nitrogen and oxygen atoms in total. The first-order valence-electron chi connectivity index (χ1n) is 8.90. The SMILES string of the molecule is CCN(CC)Cc1nc2sc(C)c(C)c2c(=O)n1Cc1cccc(Cl)c1. The Morgan fingerprint density at radius 2 is 1.96 bits per heavy atom. The van der Waals surface area contributed by atoms with Crippen LogP contribution in [0.1, 0.15) is 35.7 Å². The number of thiophene rings is 1. The van der Waals surface area contributed by atoms with Crippen LogP contribution in [0.4, 0.5) is 0 Å². The lowest BCUT2D eigenvalue weighted by atomic mass is 10.2. The van der Waals surface area contributed by atoms with Crippen molar-refractivity contribution >= 4 is 33.2 Å². The molecule has 2 heterocycles. The van der Waals surface area contributed by atoms with Gasteiger partial charge in [-0.1, -0.05) is 37.6 Å². The van der Waals surface area contributed by atoms with Crippen LogP contribution in [0.25, 0.3) is 10.2 Å². The van der Waals surface area contributed by atoms with E-state index in [1.165, 1.54) is 0 Å². The Hall–Kier alpha value is -1.69. The largest absolute Gasteiger partial charge is 0.297 e. The average molecular weight is 390 g/mol. The fraction of sp³-hybridized carbons (Fsp3) is 0.400. The number of nitrogens with zero attached hydrogens (tertiary/aromatic N) is 3. The minimum absolute atomic E-state index is 0.0407. The van der Waals surface area contributed by atoms with Crippen molar-refractivity contribution in [2.45, 2.75) is 40.8 Å². The molecule has 0 bridgehead atoms. The van der Waals surface area contributed by atoms with E-state index in [1.54, 1.807) is 11.3 Å². The van der Waals surface area contributed by atoms with Crippen LogP contribution in [0.15, 0.2) is 29.1 Å². The van der Waals surface area contributed by atoms with Gasteiger partial charge in [-0.05, 0) is 50.2 Å². The van der Waals surface area contributed by atoms with Gasteiger partial charge in [-0.25, -0.2) is 4.98 Å². The molecule has 0 spiro atoms. The van der Waals surface area contributed by atoms with E-state index in [-0.39, 0.29) is 5.56 Å². The first kappa shape index (κ1) is 19.1. The second-order valence-corrected chi connectivity index (χ2v) is 8.11. The van der Waals surface area contributed by atoms with Gasteiger partial charge in [0.25, 0.3) is 5.56 Å². The minimum Gasteiger partial charge on any atom is -0.297 e. The van der Waals surface area contributed by atoms with Gasteiger partial charge in [-0.2, -0.15) is 0 Å². The van der Waals surface area contributed by atoms with Gasteiger partial charge >= 0.3 is 0 Å². The summed E-state index contributed by atoms with van der Waals surface area (Å²) in [7, 11) is 0. The van der Waals surface area contributed by atoms with E-state index in [2.05, 4.69) is 18.7 Å². The van der Waals surface area contributed by atoms with Crippen molar-refractivity contribution < 1.29 is 0 Å². The molecule has 1 aromatic carbocycles. The highest BCUT2D eigenvalue weighted by Crippen LogP contribution is 2.26. The number of rotatable bonds is 6. The van der Waals surface area contributed by atoms with Gasteiger partial charge in [-0.3, -0.25) is 14.3 Å². The van der Waals surface area contributed by atoms with Gasteiger partial charge in [-0.15, -0.1) is 11.3 Å². The molecule has 6 heteroatoms. The van der Waals surface area contributed by atoms with Crippen LogP contribution >= 0.6 is 22.9 Å². The third kappa shape index (κ3) is 3.70. The molecule has 0 radical (unpaired) electrons.